The summed E-state index contributed by atoms with van der Waals surface area (Å²) in [6, 6.07) is 99.4. The molecule has 10 aromatic carbocycles. The summed E-state index contributed by atoms with van der Waals surface area (Å²) < 4.78 is 108. The van der Waals surface area contributed by atoms with Crippen molar-refractivity contribution in [2.24, 2.45) is 0 Å². The zero-order chi connectivity index (χ0) is 70.6. The van der Waals surface area contributed by atoms with E-state index in [0.717, 1.165) is 55.6 Å². The Bertz CT molecular complexity index is 3960. The fourth-order valence-electron chi connectivity index (χ4n) is 13.2. The van der Waals surface area contributed by atoms with Gasteiger partial charge in [-0.2, -0.15) is 0 Å². The molecular formula is C88H92O16. The molecule has 0 aliphatic carbocycles. The highest BCUT2D eigenvalue weighted by Gasteiger charge is 2.57. The van der Waals surface area contributed by atoms with Gasteiger partial charge in [0, 0.05) is 0 Å². The van der Waals surface area contributed by atoms with Crippen molar-refractivity contribution in [3.63, 3.8) is 0 Å². The second-order valence-electron chi connectivity index (χ2n) is 26.2. The molecule has 3 heterocycles. The fraction of sp³-hybridized carbons (Fsp3) is 0.318. The van der Waals surface area contributed by atoms with Crippen LogP contribution in [0.5, 0.6) is 0 Å². The molecule has 540 valence electrons. The van der Waals surface area contributed by atoms with Gasteiger partial charge in [-0.05, 0) is 55.6 Å². The van der Waals surface area contributed by atoms with Gasteiger partial charge in [0.05, 0.1) is 85.9 Å². The highest BCUT2D eigenvalue weighted by molar-refractivity contribution is 5.21. The van der Waals surface area contributed by atoms with Crippen molar-refractivity contribution < 1.29 is 76.2 Å². The van der Waals surface area contributed by atoms with Crippen LogP contribution in [0.4, 0.5) is 0 Å². The quantitative estimate of drug-likeness (QED) is 0.0392. The Morgan fingerprint density at radius 1 is 0.202 bits per heavy atom. The number of rotatable bonds is 37. The maximum atomic E-state index is 13.0. The topological polar surface area (TPSA) is 159 Å². The largest absolute Gasteiger partial charge is 0.374 e. The molecule has 0 aromatic heterocycles. The zero-order valence-corrected chi connectivity index (χ0v) is 58.3. The Morgan fingerprint density at radius 3 is 0.663 bits per heavy atom. The molecule has 0 radical (unpaired) electrons. The second-order valence-corrected chi connectivity index (χ2v) is 26.2. The van der Waals surface area contributed by atoms with Crippen LogP contribution in [-0.4, -0.2) is 117 Å². The zero-order valence-electron chi connectivity index (χ0n) is 58.3. The summed E-state index contributed by atoms with van der Waals surface area (Å²) >= 11 is 0. The maximum Gasteiger partial charge on any atom is 0.187 e. The Balaban J connectivity index is 0.939. The SMILES string of the molecule is O[C@H]1O[C@H](COCc2ccccc2)[C@@H](OCc2ccccc2)[C@H](OCc2ccccc2)[C@@H]1O[C@H]1O[C@H](COCc2ccccc2)[C@@H](OCc2ccccc2)[C@H](OCc2ccccc2)[C@@H]1O[C@H]1O[C@H](COCc2ccccc2)[C@@H](OCc2ccccc2)[C@H](OCc2ccccc2)[C@@H]1OCc1ccccc1. The summed E-state index contributed by atoms with van der Waals surface area (Å²) in [6.45, 7) is 1.82. The maximum absolute atomic E-state index is 13.0. The van der Waals surface area contributed by atoms with Gasteiger partial charge in [0.1, 0.15) is 73.2 Å². The van der Waals surface area contributed by atoms with E-state index in [2.05, 4.69) is 0 Å². The van der Waals surface area contributed by atoms with E-state index in [9.17, 15) is 5.11 Å². The normalized spacial score (nSPS) is 24.8. The lowest BCUT2D eigenvalue weighted by Gasteiger charge is -2.51. The van der Waals surface area contributed by atoms with E-state index in [-0.39, 0.29) is 85.9 Å². The van der Waals surface area contributed by atoms with Crippen LogP contribution >= 0.6 is 0 Å². The van der Waals surface area contributed by atoms with E-state index < -0.39 is 92.1 Å². The summed E-state index contributed by atoms with van der Waals surface area (Å²) in [5.41, 5.74) is 9.21. The Labute approximate surface area is 610 Å². The van der Waals surface area contributed by atoms with Gasteiger partial charge in [0.15, 0.2) is 18.9 Å². The molecule has 0 unspecified atom stereocenters. The summed E-state index contributed by atoms with van der Waals surface area (Å²) in [5, 5.41) is 13.0. The first-order chi connectivity index (χ1) is 51.5. The van der Waals surface area contributed by atoms with Crippen LogP contribution < -0.4 is 0 Å². The van der Waals surface area contributed by atoms with Crippen LogP contribution in [0.1, 0.15) is 55.6 Å². The minimum Gasteiger partial charge on any atom is -0.374 e. The summed E-state index contributed by atoms with van der Waals surface area (Å²) in [5.74, 6) is 0. The molecule has 3 aliphatic rings. The first kappa shape index (κ1) is 73.9. The number of ether oxygens (including phenoxy) is 15. The molecule has 0 spiro atoms. The lowest BCUT2D eigenvalue weighted by molar-refractivity contribution is -0.404. The third-order valence-electron chi connectivity index (χ3n) is 18.6. The molecule has 15 atom stereocenters. The van der Waals surface area contributed by atoms with E-state index in [1.165, 1.54) is 0 Å². The number of aliphatic hydroxyl groups excluding tert-OH is 1. The van der Waals surface area contributed by atoms with Crippen LogP contribution in [0.2, 0.25) is 0 Å². The first-order valence-electron chi connectivity index (χ1n) is 35.9. The molecule has 0 amide bonds. The van der Waals surface area contributed by atoms with Crippen molar-refractivity contribution in [2.45, 2.75) is 158 Å². The van der Waals surface area contributed by atoms with Crippen LogP contribution in [0.25, 0.3) is 0 Å². The van der Waals surface area contributed by atoms with E-state index >= 15 is 0 Å². The van der Waals surface area contributed by atoms with Gasteiger partial charge in [0.25, 0.3) is 0 Å². The lowest BCUT2D eigenvalue weighted by atomic mass is 9.95. The van der Waals surface area contributed by atoms with E-state index in [1.54, 1.807) is 0 Å². The van der Waals surface area contributed by atoms with Gasteiger partial charge < -0.3 is 76.2 Å². The van der Waals surface area contributed by atoms with Gasteiger partial charge >= 0.3 is 0 Å². The molecule has 104 heavy (non-hydrogen) atoms. The molecular weight excluding hydrogens is 1310 g/mol. The average Bonchev–Trinajstić information content (AvgIpc) is 0.760. The van der Waals surface area contributed by atoms with Gasteiger partial charge in [-0.15, -0.1) is 0 Å². The Morgan fingerprint density at radius 2 is 0.394 bits per heavy atom. The highest BCUT2D eigenvalue weighted by Crippen LogP contribution is 2.40. The Kier molecular flexibility index (Phi) is 28.1. The number of aliphatic hydroxyl groups is 1. The van der Waals surface area contributed by atoms with Crippen molar-refractivity contribution in [1.29, 1.82) is 0 Å². The van der Waals surface area contributed by atoms with Crippen molar-refractivity contribution in [3.8, 4) is 0 Å². The van der Waals surface area contributed by atoms with Crippen LogP contribution in [0.3, 0.4) is 0 Å². The molecule has 3 saturated heterocycles. The molecule has 1 N–H and O–H groups in total. The second kappa shape index (κ2) is 39.6. The average molecular weight is 1410 g/mol. The summed E-state index contributed by atoms with van der Waals surface area (Å²) in [7, 11) is 0. The van der Waals surface area contributed by atoms with Gasteiger partial charge in [-0.3, -0.25) is 0 Å². The van der Waals surface area contributed by atoms with Crippen LogP contribution in [0, 0.1) is 0 Å². The van der Waals surface area contributed by atoms with E-state index in [4.69, 9.17) is 71.1 Å². The molecule has 13 rings (SSSR count). The molecule has 16 nitrogen and oxygen atoms in total. The van der Waals surface area contributed by atoms with Crippen molar-refractivity contribution in [3.05, 3.63) is 359 Å². The lowest BCUT2D eigenvalue weighted by Crippen LogP contribution is -2.68. The minimum absolute atomic E-state index is 0.00712. The fourth-order valence-corrected chi connectivity index (χ4v) is 13.2. The first-order valence-corrected chi connectivity index (χ1v) is 35.9. The third kappa shape index (κ3) is 21.6. The van der Waals surface area contributed by atoms with Gasteiger partial charge in [-0.1, -0.05) is 303 Å². The standard InChI is InChI=1S/C88H92O16/c89-86-83(80(96-57-70-43-23-7-24-44-70)77(93-54-67-37-17-4-18-38-67)74(100-86)61-90-51-64-31-11-1-12-32-64)103-88-85(82(98-59-72-47-27-9-28-48-72)79(95-56-69-41-21-6-22-42-69)76(102-88)63-92-53-66-35-15-3-16-36-66)104-87-84(99-60-73-49-29-10-30-50-73)81(97-58-71-45-25-8-26-46-71)78(94-55-68-39-19-5-20-40-68)75(101-87)62-91-52-65-33-13-2-14-34-65/h1-50,74-89H,51-63H2/t74-,75-,76-,77-,78-,79-,80+,81+,82+,83+,84+,85+,86+,87-,88-/m1/s1. The van der Waals surface area contributed by atoms with E-state index in [0.29, 0.717) is 0 Å². The van der Waals surface area contributed by atoms with Crippen LogP contribution in [0.15, 0.2) is 303 Å². The van der Waals surface area contributed by atoms with Crippen molar-refractivity contribution in [2.75, 3.05) is 19.8 Å². The monoisotopic (exact) mass is 1400 g/mol. The smallest absolute Gasteiger partial charge is 0.187 e. The molecule has 3 fully saturated rings. The number of hydrogen-bond donors (Lipinski definition) is 1. The molecule has 16 heteroatoms. The summed E-state index contributed by atoms with van der Waals surface area (Å²) in [4.78, 5) is 0. The predicted molar refractivity (Wildman–Crippen MR) is 391 cm³/mol. The number of benzene rings is 10. The van der Waals surface area contributed by atoms with Crippen molar-refractivity contribution >= 4 is 0 Å². The summed E-state index contributed by atoms with van der Waals surface area (Å²) in [6.07, 6.45) is -16.7. The highest BCUT2D eigenvalue weighted by atomic mass is 16.8. The third-order valence-corrected chi connectivity index (χ3v) is 18.6. The van der Waals surface area contributed by atoms with Gasteiger partial charge in [0.2, 0.25) is 0 Å². The predicted octanol–water partition coefficient (Wildman–Crippen LogP) is 14.7. The van der Waals surface area contributed by atoms with Gasteiger partial charge in [-0.25, -0.2) is 0 Å². The van der Waals surface area contributed by atoms with E-state index in [1.807, 2.05) is 303 Å². The van der Waals surface area contributed by atoms with Crippen molar-refractivity contribution in [1.82, 2.24) is 0 Å². The minimum atomic E-state index is -1.68. The van der Waals surface area contributed by atoms with Crippen LogP contribution in [-0.2, 0) is 137 Å². The number of hydrogen-bond acceptors (Lipinski definition) is 16. The molecule has 0 bridgehead atoms. The molecule has 0 saturated carbocycles. The molecule has 10 aromatic rings. The Hall–Kier alpha value is -8.44. The molecule has 3 aliphatic heterocycles.